The Hall–Kier alpha value is -2.33. The Morgan fingerprint density at radius 2 is 1.80 bits per heavy atom. The molecule has 2 N–H and O–H groups in total. The van der Waals surface area contributed by atoms with Crippen molar-refractivity contribution in [2.75, 3.05) is 0 Å². The molecule has 100 valence electrons. The van der Waals surface area contributed by atoms with Crippen LogP contribution in [0.25, 0.3) is 22.3 Å². The zero-order chi connectivity index (χ0) is 13.9. The monoisotopic (exact) mass is 264 g/mol. The molecule has 3 aromatic rings. The van der Waals surface area contributed by atoms with Crippen molar-refractivity contribution < 1.29 is 0 Å². The van der Waals surface area contributed by atoms with Gasteiger partial charge in [0.15, 0.2) is 5.82 Å². The lowest BCUT2D eigenvalue weighted by Crippen LogP contribution is -2.18. The molecule has 2 heterocycles. The van der Waals surface area contributed by atoms with Gasteiger partial charge >= 0.3 is 0 Å². The van der Waals surface area contributed by atoms with Crippen LogP contribution in [0.15, 0.2) is 48.9 Å². The van der Waals surface area contributed by atoms with Gasteiger partial charge in [0.1, 0.15) is 5.69 Å². The molecule has 0 saturated carbocycles. The molecule has 1 unspecified atom stereocenters. The van der Waals surface area contributed by atoms with Gasteiger partial charge in [-0.05, 0) is 30.4 Å². The molecule has 0 aliphatic carbocycles. The molecule has 4 heteroatoms. The number of pyridine rings is 1. The van der Waals surface area contributed by atoms with Crippen molar-refractivity contribution in [2.24, 2.45) is 5.73 Å². The number of nitrogens with zero attached hydrogens (tertiary/aromatic N) is 3. The van der Waals surface area contributed by atoms with Crippen molar-refractivity contribution in [2.45, 2.75) is 19.4 Å². The van der Waals surface area contributed by atoms with E-state index in [0.717, 1.165) is 28.5 Å². The predicted octanol–water partition coefficient (Wildman–Crippen LogP) is 2.58. The van der Waals surface area contributed by atoms with Gasteiger partial charge in [0.2, 0.25) is 0 Å². The first kappa shape index (κ1) is 12.7. The highest BCUT2D eigenvalue weighted by Gasteiger charge is 2.08. The second-order valence-electron chi connectivity index (χ2n) is 4.98. The lowest BCUT2D eigenvalue weighted by atomic mass is 10.1. The molecule has 3 rings (SSSR count). The van der Waals surface area contributed by atoms with E-state index < -0.39 is 0 Å². The number of hydrogen-bond acceptors (Lipinski definition) is 4. The van der Waals surface area contributed by atoms with Gasteiger partial charge in [0, 0.05) is 30.0 Å². The van der Waals surface area contributed by atoms with Gasteiger partial charge in [0.05, 0.1) is 0 Å². The molecule has 2 aromatic heterocycles. The minimum absolute atomic E-state index is 0.111. The zero-order valence-corrected chi connectivity index (χ0v) is 11.3. The summed E-state index contributed by atoms with van der Waals surface area (Å²) in [6, 6.07) is 10.2. The van der Waals surface area contributed by atoms with Crippen LogP contribution in [-0.4, -0.2) is 21.0 Å². The standard InChI is InChI=1S/C16H16N4/c1-11(17)8-12-9-19-16(20-10-12)15-14-5-3-2-4-13(14)6-7-18-15/h2-7,9-11H,8,17H2,1H3. The summed E-state index contributed by atoms with van der Waals surface area (Å²) in [4.78, 5) is 13.3. The van der Waals surface area contributed by atoms with Crippen molar-refractivity contribution in [3.05, 3.63) is 54.5 Å². The molecule has 4 nitrogen and oxygen atoms in total. The number of fused-ring (bicyclic) bond motifs is 1. The summed E-state index contributed by atoms with van der Waals surface area (Å²) in [5.41, 5.74) is 7.64. The molecule has 0 bridgehead atoms. The number of benzene rings is 1. The summed E-state index contributed by atoms with van der Waals surface area (Å²) in [7, 11) is 0. The molecule has 20 heavy (non-hydrogen) atoms. The lowest BCUT2D eigenvalue weighted by Gasteiger charge is -2.06. The first-order chi connectivity index (χ1) is 9.74. The van der Waals surface area contributed by atoms with Gasteiger partial charge in [-0.1, -0.05) is 24.3 Å². The highest BCUT2D eigenvalue weighted by molar-refractivity contribution is 5.92. The highest BCUT2D eigenvalue weighted by atomic mass is 14.9. The maximum absolute atomic E-state index is 5.78. The number of hydrogen-bond donors (Lipinski definition) is 1. The zero-order valence-electron chi connectivity index (χ0n) is 11.3. The van der Waals surface area contributed by atoms with Gasteiger partial charge < -0.3 is 5.73 Å². The Labute approximate surface area is 117 Å². The third-order valence-electron chi connectivity index (χ3n) is 3.15. The van der Waals surface area contributed by atoms with Gasteiger partial charge in [-0.2, -0.15) is 0 Å². The van der Waals surface area contributed by atoms with Crippen LogP contribution in [0.5, 0.6) is 0 Å². The van der Waals surface area contributed by atoms with Crippen LogP contribution < -0.4 is 5.73 Å². The fourth-order valence-corrected chi connectivity index (χ4v) is 2.25. The van der Waals surface area contributed by atoms with E-state index in [0.29, 0.717) is 5.82 Å². The van der Waals surface area contributed by atoms with Crippen LogP contribution in [0, 0.1) is 0 Å². The van der Waals surface area contributed by atoms with Crippen LogP contribution in [0.2, 0.25) is 0 Å². The van der Waals surface area contributed by atoms with Gasteiger partial charge in [-0.25, -0.2) is 9.97 Å². The van der Waals surface area contributed by atoms with Gasteiger partial charge in [0.25, 0.3) is 0 Å². The normalized spacial score (nSPS) is 12.5. The van der Waals surface area contributed by atoms with Crippen LogP contribution >= 0.6 is 0 Å². The third kappa shape index (κ3) is 2.51. The third-order valence-corrected chi connectivity index (χ3v) is 3.15. The van der Waals surface area contributed by atoms with E-state index in [-0.39, 0.29) is 6.04 Å². The molecule has 0 spiro atoms. The van der Waals surface area contributed by atoms with Gasteiger partial charge in [-0.3, -0.25) is 4.98 Å². The van der Waals surface area contributed by atoms with E-state index in [2.05, 4.69) is 21.0 Å². The van der Waals surface area contributed by atoms with E-state index in [1.165, 1.54) is 0 Å². The summed E-state index contributed by atoms with van der Waals surface area (Å²) < 4.78 is 0. The first-order valence-electron chi connectivity index (χ1n) is 6.64. The van der Waals surface area contributed by atoms with Gasteiger partial charge in [-0.15, -0.1) is 0 Å². The molecular formula is C16H16N4. The summed E-state index contributed by atoms with van der Waals surface area (Å²) >= 11 is 0. The van der Waals surface area contributed by atoms with E-state index in [1.54, 1.807) is 6.20 Å². The predicted molar refractivity (Wildman–Crippen MR) is 80.1 cm³/mol. The van der Waals surface area contributed by atoms with Crippen molar-refractivity contribution in [1.29, 1.82) is 0 Å². The largest absolute Gasteiger partial charge is 0.328 e. The SMILES string of the molecule is CC(N)Cc1cnc(-c2nccc3ccccc23)nc1. The molecule has 0 aliphatic heterocycles. The molecule has 1 aromatic carbocycles. The second-order valence-corrected chi connectivity index (χ2v) is 4.98. The Kier molecular flexibility index (Phi) is 3.39. The van der Waals surface area contributed by atoms with Crippen molar-refractivity contribution in [3.63, 3.8) is 0 Å². The fourth-order valence-electron chi connectivity index (χ4n) is 2.25. The van der Waals surface area contributed by atoms with E-state index >= 15 is 0 Å². The molecule has 0 amide bonds. The first-order valence-corrected chi connectivity index (χ1v) is 6.64. The molecule has 0 aliphatic rings. The minimum Gasteiger partial charge on any atom is -0.328 e. The van der Waals surface area contributed by atoms with Crippen molar-refractivity contribution in [1.82, 2.24) is 15.0 Å². The van der Waals surface area contributed by atoms with E-state index in [9.17, 15) is 0 Å². The number of rotatable bonds is 3. The fraction of sp³-hybridized carbons (Fsp3) is 0.188. The minimum atomic E-state index is 0.111. The van der Waals surface area contributed by atoms with Crippen molar-refractivity contribution in [3.8, 4) is 11.5 Å². The smallest absolute Gasteiger partial charge is 0.178 e. The Balaban J connectivity index is 2.03. The van der Waals surface area contributed by atoms with E-state index in [1.807, 2.05) is 43.6 Å². The molecule has 0 radical (unpaired) electrons. The van der Waals surface area contributed by atoms with Crippen LogP contribution in [-0.2, 0) is 6.42 Å². The Morgan fingerprint density at radius 1 is 1.05 bits per heavy atom. The van der Waals surface area contributed by atoms with E-state index in [4.69, 9.17) is 5.73 Å². The maximum Gasteiger partial charge on any atom is 0.178 e. The average molecular weight is 264 g/mol. The van der Waals surface area contributed by atoms with Crippen LogP contribution in [0.3, 0.4) is 0 Å². The highest BCUT2D eigenvalue weighted by Crippen LogP contribution is 2.23. The Morgan fingerprint density at radius 3 is 2.55 bits per heavy atom. The second kappa shape index (κ2) is 5.35. The van der Waals surface area contributed by atoms with Crippen LogP contribution in [0.4, 0.5) is 0 Å². The summed E-state index contributed by atoms with van der Waals surface area (Å²) in [6.45, 7) is 1.97. The molecule has 0 saturated heterocycles. The molecule has 0 fully saturated rings. The quantitative estimate of drug-likeness (QED) is 0.789. The summed E-state index contributed by atoms with van der Waals surface area (Å²) in [5.74, 6) is 0.648. The number of aromatic nitrogens is 3. The summed E-state index contributed by atoms with van der Waals surface area (Å²) in [6.07, 6.45) is 6.23. The molecular weight excluding hydrogens is 248 g/mol. The lowest BCUT2D eigenvalue weighted by molar-refractivity contribution is 0.732. The van der Waals surface area contributed by atoms with Crippen molar-refractivity contribution >= 4 is 10.8 Å². The average Bonchev–Trinajstić information content (AvgIpc) is 2.47. The topological polar surface area (TPSA) is 64.7 Å². The number of nitrogens with two attached hydrogens (primary N) is 1. The van der Waals surface area contributed by atoms with Crippen LogP contribution in [0.1, 0.15) is 12.5 Å². The maximum atomic E-state index is 5.78. The molecule has 1 atom stereocenters. The Bertz CT molecular complexity index is 715. The summed E-state index contributed by atoms with van der Waals surface area (Å²) in [5, 5.41) is 2.20.